The molecule has 0 aliphatic rings. The first-order chi connectivity index (χ1) is 7.02. The summed E-state index contributed by atoms with van der Waals surface area (Å²) >= 11 is 1.28. The van der Waals surface area contributed by atoms with Gasteiger partial charge in [0.1, 0.15) is 0 Å². The van der Waals surface area contributed by atoms with Gasteiger partial charge in [-0.15, -0.1) is 0 Å². The largest absolute Gasteiger partial charge is 0.481 e. The fourth-order valence-electron chi connectivity index (χ4n) is 0.735. The number of amides is 2. The molecule has 0 spiro atoms. The number of rotatable bonds is 8. The molecule has 0 aromatic carbocycles. The van der Waals surface area contributed by atoms with Crippen LogP contribution in [-0.2, 0) is 14.4 Å². The molecule has 0 aromatic heterocycles. The summed E-state index contributed by atoms with van der Waals surface area (Å²) in [6, 6.07) is 0. The fourth-order valence-corrected chi connectivity index (χ4v) is 1.41. The summed E-state index contributed by atoms with van der Waals surface area (Å²) in [4.78, 5) is 31.5. The third-order valence-electron chi connectivity index (χ3n) is 1.38. The van der Waals surface area contributed by atoms with Gasteiger partial charge in [0.25, 0.3) is 0 Å². The van der Waals surface area contributed by atoms with Crippen molar-refractivity contribution in [2.24, 2.45) is 5.73 Å². The van der Waals surface area contributed by atoms with Crippen molar-refractivity contribution in [3.8, 4) is 0 Å². The van der Waals surface area contributed by atoms with E-state index < -0.39 is 11.9 Å². The van der Waals surface area contributed by atoms with E-state index in [1.807, 2.05) is 0 Å². The van der Waals surface area contributed by atoms with E-state index in [0.29, 0.717) is 5.75 Å². The Balaban J connectivity index is 3.33. The van der Waals surface area contributed by atoms with Gasteiger partial charge in [-0.05, 0) is 0 Å². The molecular formula is C8H14N2O4S. The predicted molar refractivity (Wildman–Crippen MR) is 56.4 cm³/mol. The van der Waals surface area contributed by atoms with Gasteiger partial charge in [-0.1, -0.05) is 0 Å². The van der Waals surface area contributed by atoms with Crippen LogP contribution in [-0.4, -0.2) is 40.9 Å². The molecule has 4 N–H and O–H groups in total. The summed E-state index contributed by atoms with van der Waals surface area (Å²) in [5.74, 6) is -0.873. The van der Waals surface area contributed by atoms with Crippen molar-refractivity contribution in [1.29, 1.82) is 0 Å². The number of carboxylic acids is 1. The minimum atomic E-state index is -0.946. The zero-order chi connectivity index (χ0) is 11.7. The molecule has 15 heavy (non-hydrogen) atoms. The highest BCUT2D eigenvalue weighted by atomic mass is 32.2. The summed E-state index contributed by atoms with van der Waals surface area (Å²) in [5, 5.41) is 10.7. The van der Waals surface area contributed by atoms with E-state index in [2.05, 4.69) is 5.32 Å². The van der Waals surface area contributed by atoms with Gasteiger partial charge in [-0.2, -0.15) is 11.8 Å². The molecule has 0 atom stereocenters. The highest BCUT2D eigenvalue weighted by Gasteiger charge is 2.03. The smallest absolute Gasteiger partial charge is 0.305 e. The van der Waals surface area contributed by atoms with Crippen LogP contribution in [0.15, 0.2) is 0 Å². The molecule has 0 fully saturated rings. The number of carbonyl (C=O) groups excluding carboxylic acids is 2. The Bertz CT molecular complexity index is 245. The van der Waals surface area contributed by atoms with E-state index in [4.69, 9.17) is 10.8 Å². The van der Waals surface area contributed by atoms with E-state index >= 15 is 0 Å². The lowest BCUT2D eigenvalue weighted by Crippen LogP contribution is -2.26. The van der Waals surface area contributed by atoms with Crippen molar-refractivity contribution in [3.05, 3.63) is 0 Å². The summed E-state index contributed by atoms with van der Waals surface area (Å²) in [6.45, 7) is 0.134. The quantitative estimate of drug-likeness (QED) is 0.476. The van der Waals surface area contributed by atoms with Crippen LogP contribution in [0.3, 0.4) is 0 Å². The maximum absolute atomic E-state index is 11.0. The molecule has 0 aliphatic heterocycles. The topological polar surface area (TPSA) is 109 Å². The maximum atomic E-state index is 11.0. The van der Waals surface area contributed by atoms with Crippen LogP contribution >= 0.6 is 11.8 Å². The van der Waals surface area contributed by atoms with Gasteiger partial charge in [0, 0.05) is 18.7 Å². The van der Waals surface area contributed by atoms with E-state index in [9.17, 15) is 14.4 Å². The molecule has 0 heterocycles. The Labute approximate surface area is 91.6 Å². The van der Waals surface area contributed by atoms with Crippen molar-refractivity contribution in [1.82, 2.24) is 5.32 Å². The first-order valence-corrected chi connectivity index (χ1v) is 5.52. The molecule has 0 aromatic rings. The van der Waals surface area contributed by atoms with Gasteiger partial charge in [0.15, 0.2) is 0 Å². The highest BCUT2D eigenvalue weighted by Crippen LogP contribution is 2.00. The van der Waals surface area contributed by atoms with Crippen LogP contribution in [0, 0.1) is 0 Å². The third kappa shape index (κ3) is 10.7. The van der Waals surface area contributed by atoms with Crippen molar-refractivity contribution in [2.75, 3.05) is 18.1 Å². The number of carboxylic acid groups (broad SMARTS) is 1. The van der Waals surface area contributed by atoms with Crippen LogP contribution in [0.1, 0.15) is 12.8 Å². The molecule has 0 radical (unpaired) electrons. The maximum Gasteiger partial charge on any atom is 0.305 e. The molecule has 0 aliphatic carbocycles. The first kappa shape index (κ1) is 13.8. The van der Waals surface area contributed by atoms with Crippen LogP contribution in [0.25, 0.3) is 0 Å². The van der Waals surface area contributed by atoms with Crippen molar-refractivity contribution < 1.29 is 19.5 Å². The molecule has 0 rings (SSSR count). The fraction of sp³-hybridized carbons (Fsp3) is 0.625. The van der Waals surface area contributed by atoms with Gasteiger partial charge < -0.3 is 16.2 Å². The summed E-state index contributed by atoms with van der Waals surface area (Å²) in [6.07, 6.45) is 0.178. The van der Waals surface area contributed by atoms with Crippen LogP contribution in [0.2, 0.25) is 0 Å². The molecule has 0 unspecified atom stereocenters. The summed E-state index contributed by atoms with van der Waals surface area (Å²) in [7, 11) is 0. The number of hydrogen-bond donors (Lipinski definition) is 3. The van der Waals surface area contributed by atoms with E-state index in [0.717, 1.165) is 0 Å². The van der Waals surface area contributed by atoms with Gasteiger partial charge in [0.05, 0.1) is 12.2 Å². The minimum absolute atomic E-state index is 0.0832. The van der Waals surface area contributed by atoms with Crippen molar-refractivity contribution in [2.45, 2.75) is 12.8 Å². The summed E-state index contributed by atoms with van der Waals surface area (Å²) in [5.41, 5.74) is 4.90. The van der Waals surface area contributed by atoms with Gasteiger partial charge in [0.2, 0.25) is 11.8 Å². The molecule has 2 amide bonds. The SMILES string of the molecule is NC(=O)CSCCC(=O)NCCC(=O)O. The molecule has 6 nitrogen and oxygen atoms in total. The lowest BCUT2D eigenvalue weighted by Gasteiger charge is -2.02. The number of nitrogens with one attached hydrogen (secondary N) is 1. The van der Waals surface area contributed by atoms with E-state index in [1.54, 1.807) is 0 Å². The standard InChI is InChI=1S/C8H14N2O4S/c9-6(11)5-15-4-2-7(12)10-3-1-8(13)14/h1-5H2,(H2,9,11)(H,10,12)(H,13,14). The van der Waals surface area contributed by atoms with E-state index in [1.165, 1.54) is 11.8 Å². The average molecular weight is 234 g/mol. The Morgan fingerprint density at radius 2 is 1.93 bits per heavy atom. The molecule has 86 valence electrons. The summed E-state index contributed by atoms with van der Waals surface area (Å²) < 4.78 is 0. The van der Waals surface area contributed by atoms with Crippen molar-refractivity contribution >= 4 is 29.5 Å². The molecule has 7 heteroatoms. The van der Waals surface area contributed by atoms with Gasteiger partial charge in [-0.3, -0.25) is 14.4 Å². The number of primary amides is 1. The van der Waals surface area contributed by atoms with Gasteiger partial charge in [-0.25, -0.2) is 0 Å². The molecule has 0 bridgehead atoms. The Hall–Kier alpha value is -1.24. The number of nitrogens with two attached hydrogens (primary N) is 1. The Kier molecular flexibility index (Phi) is 7.43. The second-order valence-corrected chi connectivity index (χ2v) is 3.87. The molecular weight excluding hydrogens is 220 g/mol. The minimum Gasteiger partial charge on any atom is -0.481 e. The number of hydrogen-bond acceptors (Lipinski definition) is 4. The Morgan fingerprint density at radius 1 is 1.27 bits per heavy atom. The first-order valence-electron chi connectivity index (χ1n) is 4.37. The number of aliphatic carboxylic acids is 1. The zero-order valence-corrected chi connectivity index (χ0v) is 9.01. The van der Waals surface area contributed by atoms with Crippen LogP contribution in [0.5, 0.6) is 0 Å². The number of thioether (sulfide) groups is 1. The van der Waals surface area contributed by atoms with Crippen molar-refractivity contribution in [3.63, 3.8) is 0 Å². The molecule has 0 saturated heterocycles. The lowest BCUT2D eigenvalue weighted by molar-refractivity contribution is -0.137. The monoisotopic (exact) mass is 234 g/mol. The second-order valence-electron chi connectivity index (χ2n) is 2.76. The molecule has 0 saturated carbocycles. The average Bonchev–Trinajstić information content (AvgIpc) is 2.11. The highest BCUT2D eigenvalue weighted by molar-refractivity contribution is 7.99. The van der Waals surface area contributed by atoms with E-state index in [-0.39, 0.29) is 31.0 Å². The normalized spacial score (nSPS) is 9.60. The number of carbonyl (C=O) groups is 3. The van der Waals surface area contributed by atoms with Crippen LogP contribution in [0.4, 0.5) is 0 Å². The second kappa shape index (κ2) is 8.10. The van der Waals surface area contributed by atoms with Gasteiger partial charge >= 0.3 is 5.97 Å². The predicted octanol–water partition coefficient (Wildman–Crippen LogP) is -0.814. The van der Waals surface area contributed by atoms with Crippen LogP contribution < -0.4 is 11.1 Å². The lowest BCUT2D eigenvalue weighted by atomic mass is 10.4. The third-order valence-corrected chi connectivity index (χ3v) is 2.36. The zero-order valence-electron chi connectivity index (χ0n) is 8.19. The Morgan fingerprint density at radius 3 is 2.47 bits per heavy atom.